The van der Waals surface area contributed by atoms with E-state index in [1.165, 1.54) is 12.1 Å². The van der Waals surface area contributed by atoms with Gasteiger partial charge in [-0.25, -0.2) is 9.37 Å². The van der Waals surface area contributed by atoms with Gasteiger partial charge in [-0.2, -0.15) is 4.98 Å². The molecule has 3 aromatic rings. The van der Waals surface area contributed by atoms with Crippen molar-refractivity contribution in [3.05, 3.63) is 60.2 Å². The van der Waals surface area contributed by atoms with E-state index in [0.717, 1.165) is 22.5 Å². The minimum Gasteiger partial charge on any atom is -0.354 e. The van der Waals surface area contributed by atoms with Gasteiger partial charge in [0.25, 0.3) is 0 Å². The van der Waals surface area contributed by atoms with Crippen LogP contribution in [0.4, 0.5) is 21.8 Å². The van der Waals surface area contributed by atoms with Gasteiger partial charge in [0.2, 0.25) is 5.95 Å². The molecular formula is C18H18FN5. The van der Waals surface area contributed by atoms with Crippen molar-refractivity contribution in [2.45, 2.75) is 13.8 Å². The first-order valence-corrected chi connectivity index (χ1v) is 7.72. The molecule has 5 nitrogen and oxygen atoms in total. The molecule has 2 N–H and O–H groups in total. The van der Waals surface area contributed by atoms with E-state index < -0.39 is 0 Å². The van der Waals surface area contributed by atoms with E-state index in [2.05, 4.69) is 25.6 Å². The van der Waals surface area contributed by atoms with E-state index >= 15 is 0 Å². The van der Waals surface area contributed by atoms with E-state index in [-0.39, 0.29) is 5.82 Å². The zero-order valence-corrected chi connectivity index (χ0v) is 13.5. The Bertz CT molecular complexity index is 836. The summed E-state index contributed by atoms with van der Waals surface area (Å²) in [5.74, 6) is 0.903. The maximum absolute atomic E-state index is 13.3. The highest BCUT2D eigenvalue weighted by Gasteiger charge is 2.08. The second-order valence-electron chi connectivity index (χ2n) is 5.32. The number of hydrogen-bond donors (Lipinski definition) is 2. The van der Waals surface area contributed by atoms with Gasteiger partial charge in [-0.15, -0.1) is 0 Å². The molecule has 6 heteroatoms. The number of anilines is 3. The fourth-order valence-corrected chi connectivity index (χ4v) is 2.32. The standard InChI is InChI=1S/C18H18FN5/c1-3-21-18-23-16(13-5-4-8-20-11-13)10-17(24-18)22-15-7-6-14(19)9-12(15)2/h4-11H,3H2,1-2H3,(H2,21,22,23,24). The van der Waals surface area contributed by atoms with Crippen LogP contribution in [0.25, 0.3) is 11.3 Å². The molecule has 0 bridgehead atoms. The summed E-state index contributed by atoms with van der Waals surface area (Å²) in [6.45, 7) is 4.54. The van der Waals surface area contributed by atoms with Crippen molar-refractivity contribution in [3.63, 3.8) is 0 Å². The highest BCUT2D eigenvalue weighted by molar-refractivity contribution is 5.68. The summed E-state index contributed by atoms with van der Waals surface area (Å²) in [4.78, 5) is 13.1. The number of hydrogen-bond acceptors (Lipinski definition) is 5. The average Bonchev–Trinajstić information content (AvgIpc) is 2.58. The predicted octanol–water partition coefficient (Wildman–Crippen LogP) is 4.16. The van der Waals surface area contributed by atoms with Crippen LogP contribution in [0.2, 0.25) is 0 Å². The van der Waals surface area contributed by atoms with E-state index in [1.807, 2.05) is 32.0 Å². The minimum absolute atomic E-state index is 0.259. The Kier molecular flexibility index (Phi) is 4.65. The third-order valence-corrected chi connectivity index (χ3v) is 3.47. The van der Waals surface area contributed by atoms with E-state index in [1.54, 1.807) is 18.5 Å². The Hall–Kier alpha value is -3.02. The van der Waals surface area contributed by atoms with Crippen molar-refractivity contribution in [1.29, 1.82) is 0 Å². The van der Waals surface area contributed by atoms with Gasteiger partial charge in [0.1, 0.15) is 11.6 Å². The molecule has 3 rings (SSSR count). The third-order valence-electron chi connectivity index (χ3n) is 3.47. The quantitative estimate of drug-likeness (QED) is 0.738. The summed E-state index contributed by atoms with van der Waals surface area (Å²) in [6.07, 6.45) is 3.47. The van der Waals surface area contributed by atoms with Gasteiger partial charge >= 0.3 is 0 Å². The second-order valence-corrected chi connectivity index (χ2v) is 5.32. The summed E-state index contributed by atoms with van der Waals surface area (Å²) in [5.41, 5.74) is 3.27. The first-order valence-electron chi connectivity index (χ1n) is 7.72. The third kappa shape index (κ3) is 3.65. The molecule has 0 fully saturated rings. The molecule has 0 radical (unpaired) electrons. The maximum atomic E-state index is 13.3. The Morgan fingerprint density at radius 1 is 1.12 bits per heavy atom. The van der Waals surface area contributed by atoms with Crippen molar-refractivity contribution >= 4 is 17.5 Å². The van der Waals surface area contributed by atoms with E-state index in [4.69, 9.17) is 0 Å². The second kappa shape index (κ2) is 7.04. The van der Waals surface area contributed by atoms with Gasteiger partial charge in [0.15, 0.2) is 0 Å². The molecule has 1 aromatic carbocycles. The lowest BCUT2D eigenvalue weighted by Crippen LogP contribution is -2.06. The smallest absolute Gasteiger partial charge is 0.225 e. The predicted molar refractivity (Wildman–Crippen MR) is 93.8 cm³/mol. The van der Waals surface area contributed by atoms with Gasteiger partial charge in [-0.1, -0.05) is 0 Å². The average molecular weight is 323 g/mol. The molecule has 122 valence electrons. The Morgan fingerprint density at radius 3 is 2.71 bits per heavy atom. The largest absolute Gasteiger partial charge is 0.354 e. The molecule has 2 aromatic heterocycles. The topological polar surface area (TPSA) is 62.7 Å². The van der Waals surface area contributed by atoms with Crippen LogP contribution in [0.1, 0.15) is 12.5 Å². The summed E-state index contributed by atoms with van der Waals surface area (Å²) in [6, 6.07) is 10.3. The Balaban J connectivity index is 1.99. The number of benzene rings is 1. The molecule has 0 aliphatic heterocycles. The van der Waals surface area contributed by atoms with Crippen LogP contribution in [0.15, 0.2) is 48.8 Å². The number of halogens is 1. The molecular weight excluding hydrogens is 305 g/mol. The molecule has 0 saturated carbocycles. The molecule has 0 atom stereocenters. The molecule has 0 unspecified atom stereocenters. The fourth-order valence-electron chi connectivity index (χ4n) is 2.32. The molecule has 0 amide bonds. The van der Waals surface area contributed by atoms with Gasteiger partial charge in [0, 0.05) is 36.3 Å². The van der Waals surface area contributed by atoms with Crippen LogP contribution in [0, 0.1) is 12.7 Å². The number of nitrogens with one attached hydrogen (secondary N) is 2. The number of aryl methyl sites for hydroxylation is 1. The van der Waals surface area contributed by atoms with Crippen molar-refractivity contribution in [3.8, 4) is 11.3 Å². The first-order chi connectivity index (χ1) is 11.7. The Morgan fingerprint density at radius 2 is 2.00 bits per heavy atom. The summed E-state index contributed by atoms with van der Waals surface area (Å²) < 4.78 is 13.3. The number of nitrogens with zero attached hydrogens (tertiary/aromatic N) is 3. The fraction of sp³-hybridized carbons (Fsp3) is 0.167. The molecule has 0 aliphatic rings. The van der Waals surface area contributed by atoms with E-state index in [9.17, 15) is 4.39 Å². The van der Waals surface area contributed by atoms with Gasteiger partial charge in [-0.3, -0.25) is 4.98 Å². The summed E-state index contributed by atoms with van der Waals surface area (Å²) >= 11 is 0. The van der Waals surface area contributed by atoms with E-state index in [0.29, 0.717) is 18.3 Å². The first kappa shape index (κ1) is 15.9. The molecule has 0 aliphatic carbocycles. The lowest BCUT2D eigenvalue weighted by molar-refractivity contribution is 0.627. The van der Waals surface area contributed by atoms with Gasteiger partial charge < -0.3 is 10.6 Å². The highest BCUT2D eigenvalue weighted by atomic mass is 19.1. The van der Waals surface area contributed by atoms with Crippen molar-refractivity contribution < 1.29 is 4.39 Å². The minimum atomic E-state index is -0.259. The van der Waals surface area contributed by atoms with Crippen molar-refractivity contribution in [1.82, 2.24) is 15.0 Å². The van der Waals surface area contributed by atoms with Crippen LogP contribution in [-0.2, 0) is 0 Å². The zero-order chi connectivity index (χ0) is 16.9. The number of aromatic nitrogens is 3. The van der Waals surface area contributed by atoms with Gasteiger partial charge in [0.05, 0.1) is 5.69 Å². The van der Waals surface area contributed by atoms with Crippen molar-refractivity contribution in [2.24, 2.45) is 0 Å². The maximum Gasteiger partial charge on any atom is 0.225 e. The van der Waals surface area contributed by atoms with Crippen LogP contribution in [0.5, 0.6) is 0 Å². The molecule has 24 heavy (non-hydrogen) atoms. The normalized spacial score (nSPS) is 10.5. The summed E-state index contributed by atoms with van der Waals surface area (Å²) in [5, 5.41) is 6.36. The lowest BCUT2D eigenvalue weighted by atomic mass is 10.2. The zero-order valence-electron chi connectivity index (χ0n) is 13.5. The van der Waals surface area contributed by atoms with Crippen LogP contribution in [0.3, 0.4) is 0 Å². The molecule has 0 saturated heterocycles. The monoisotopic (exact) mass is 323 g/mol. The molecule has 0 spiro atoms. The summed E-state index contributed by atoms with van der Waals surface area (Å²) in [7, 11) is 0. The number of rotatable bonds is 5. The Labute approximate surface area is 140 Å². The van der Waals surface area contributed by atoms with Crippen LogP contribution >= 0.6 is 0 Å². The number of pyridine rings is 1. The van der Waals surface area contributed by atoms with Gasteiger partial charge in [-0.05, 0) is 49.7 Å². The van der Waals surface area contributed by atoms with Crippen LogP contribution < -0.4 is 10.6 Å². The lowest BCUT2D eigenvalue weighted by Gasteiger charge is -2.12. The highest BCUT2D eigenvalue weighted by Crippen LogP contribution is 2.25. The van der Waals surface area contributed by atoms with Crippen molar-refractivity contribution in [2.75, 3.05) is 17.2 Å². The SMILES string of the molecule is CCNc1nc(Nc2ccc(F)cc2C)cc(-c2cccnc2)n1. The van der Waals surface area contributed by atoms with Crippen LogP contribution in [-0.4, -0.2) is 21.5 Å². The molecule has 2 heterocycles.